The number of methoxy groups -OCH3 is 1. The first-order chi connectivity index (χ1) is 9.58. The average molecular weight is 279 g/mol. The van der Waals surface area contributed by atoms with Crippen LogP contribution in [-0.4, -0.2) is 43.4 Å². The first kappa shape index (κ1) is 16.6. The van der Waals surface area contributed by atoms with E-state index in [1.807, 2.05) is 7.05 Å². The zero-order valence-corrected chi connectivity index (χ0v) is 12.3. The highest BCUT2D eigenvalue weighted by molar-refractivity contribution is 5.38. The standard InChI is InChI=1S/C16H22FNO2/c1-13(12-20-3)18(2)11-14-7-8-16(17)15(10-14)6-4-5-9-19/h7-8,10,13,19H,5,9,11-12H2,1-3H3. The lowest BCUT2D eigenvalue weighted by Gasteiger charge is -2.24. The lowest BCUT2D eigenvalue weighted by molar-refractivity contribution is 0.112. The largest absolute Gasteiger partial charge is 0.395 e. The SMILES string of the molecule is COCC(C)N(C)Cc1ccc(F)c(C#CCCO)c1. The molecule has 0 amide bonds. The van der Waals surface area contributed by atoms with Crippen molar-refractivity contribution < 1.29 is 14.2 Å². The predicted molar refractivity (Wildman–Crippen MR) is 77.8 cm³/mol. The molecule has 1 aromatic carbocycles. The summed E-state index contributed by atoms with van der Waals surface area (Å²) in [6.07, 6.45) is 0.356. The Kier molecular flexibility index (Phi) is 7.24. The summed E-state index contributed by atoms with van der Waals surface area (Å²) in [6, 6.07) is 5.25. The molecule has 4 heteroatoms. The molecule has 0 aromatic heterocycles. The maximum absolute atomic E-state index is 13.6. The van der Waals surface area contributed by atoms with E-state index in [9.17, 15) is 4.39 Å². The number of benzene rings is 1. The lowest BCUT2D eigenvalue weighted by Crippen LogP contribution is -2.32. The number of aliphatic hydroxyl groups excluding tert-OH is 1. The Balaban J connectivity index is 2.77. The molecule has 110 valence electrons. The molecule has 0 heterocycles. The molecule has 0 fully saturated rings. The van der Waals surface area contributed by atoms with Gasteiger partial charge in [0.25, 0.3) is 0 Å². The van der Waals surface area contributed by atoms with Crippen molar-refractivity contribution in [2.45, 2.75) is 25.9 Å². The van der Waals surface area contributed by atoms with Crippen LogP contribution < -0.4 is 0 Å². The smallest absolute Gasteiger partial charge is 0.138 e. The molecule has 1 rings (SSSR count). The van der Waals surface area contributed by atoms with Gasteiger partial charge >= 0.3 is 0 Å². The molecule has 1 N–H and O–H groups in total. The van der Waals surface area contributed by atoms with Gasteiger partial charge in [-0.15, -0.1) is 0 Å². The van der Waals surface area contributed by atoms with Crippen molar-refractivity contribution in [2.75, 3.05) is 27.4 Å². The number of halogens is 1. The third-order valence-corrected chi connectivity index (χ3v) is 3.08. The number of ether oxygens (including phenoxy) is 1. The van der Waals surface area contributed by atoms with Crippen molar-refractivity contribution in [1.29, 1.82) is 0 Å². The van der Waals surface area contributed by atoms with Gasteiger partial charge in [-0.1, -0.05) is 17.9 Å². The van der Waals surface area contributed by atoms with Crippen LogP contribution in [0.2, 0.25) is 0 Å². The van der Waals surface area contributed by atoms with Crippen LogP contribution >= 0.6 is 0 Å². The minimum absolute atomic E-state index is 0.00835. The van der Waals surface area contributed by atoms with Crippen LogP contribution in [0.4, 0.5) is 4.39 Å². The van der Waals surface area contributed by atoms with E-state index in [4.69, 9.17) is 9.84 Å². The second kappa shape index (κ2) is 8.70. The van der Waals surface area contributed by atoms with Crippen molar-refractivity contribution in [3.8, 4) is 11.8 Å². The van der Waals surface area contributed by atoms with Gasteiger partial charge in [0.05, 0.1) is 18.8 Å². The highest BCUT2D eigenvalue weighted by Gasteiger charge is 2.10. The Morgan fingerprint density at radius 2 is 2.20 bits per heavy atom. The van der Waals surface area contributed by atoms with Crippen LogP contribution in [0.25, 0.3) is 0 Å². The number of hydrogen-bond donors (Lipinski definition) is 1. The summed E-state index contributed by atoms with van der Waals surface area (Å²) in [5.41, 5.74) is 1.38. The van der Waals surface area contributed by atoms with Crippen LogP contribution in [0.5, 0.6) is 0 Å². The molecular weight excluding hydrogens is 257 g/mol. The number of hydrogen-bond acceptors (Lipinski definition) is 3. The Labute approximate surface area is 120 Å². The fraction of sp³-hybridized carbons (Fsp3) is 0.500. The molecule has 20 heavy (non-hydrogen) atoms. The summed E-state index contributed by atoms with van der Waals surface area (Å²) in [7, 11) is 3.68. The van der Waals surface area contributed by atoms with Gasteiger partial charge in [-0.05, 0) is 31.7 Å². The van der Waals surface area contributed by atoms with Gasteiger partial charge in [0.1, 0.15) is 5.82 Å². The summed E-state index contributed by atoms with van der Waals surface area (Å²) >= 11 is 0. The summed E-state index contributed by atoms with van der Waals surface area (Å²) in [5.74, 6) is 5.17. The Morgan fingerprint density at radius 3 is 2.85 bits per heavy atom. The van der Waals surface area contributed by atoms with Gasteiger partial charge in [-0.25, -0.2) is 4.39 Å². The minimum atomic E-state index is -0.327. The predicted octanol–water partition coefficient (Wildman–Crippen LogP) is 2.03. The fourth-order valence-electron chi connectivity index (χ4n) is 1.79. The zero-order chi connectivity index (χ0) is 15.0. The third-order valence-electron chi connectivity index (χ3n) is 3.08. The van der Waals surface area contributed by atoms with Crippen molar-refractivity contribution in [1.82, 2.24) is 4.90 Å². The zero-order valence-electron chi connectivity index (χ0n) is 12.3. The van der Waals surface area contributed by atoms with Gasteiger partial charge in [0, 0.05) is 26.1 Å². The first-order valence-electron chi connectivity index (χ1n) is 6.65. The van der Waals surface area contributed by atoms with Crippen LogP contribution in [0.15, 0.2) is 18.2 Å². The third kappa shape index (κ3) is 5.30. The highest BCUT2D eigenvalue weighted by atomic mass is 19.1. The van der Waals surface area contributed by atoms with E-state index in [1.165, 1.54) is 6.07 Å². The van der Waals surface area contributed by atoms with Crippen molar-refractivity contribution >= 4 is 0 Å². The number of aliphatic hydroxyl groups is 1. The van der Waals surface area contributed by atoms with Crippen molar-refractivity contribution in [2.24, 2.45) is 0 Å². The molecular formula is C16H22FNO2. The van der Waals surface area contributed by atoms with Gasteiger partial charge in [-0.2, -0.15) is 0 Å². The Hall–Kier alpha value is -1.41. The maximum atomic E-state index is 13.6. The minimum Gasteiger partial charge on any atom is -0.395 e. The molecule has 0 aliphatic heterocycles. The lowest BCUT2D eigenvalue weighted by atomic mass is 10.1. The van der Waals surface area contributed by atoms with Gasteiger partial charge in [-0.3, -0.25) is 4.90 Å². The molecule has 0 radical (unpaired) electrons. The molecule has 1 unspecified atom stereocenters. The van der Waals surface area contributed by atoms with Gasteiger partial charge < -0.3 is 9.84 Å². The van der Waals surface area contributed by atoms with E-state index in [2.05, 4.69) is 23.7 Å². The Morgan fingerprint density at radius 1 is 1.45 bits per heavy atom. The number of likely N-dealkylation sites (N-methyl/N-ethyl adjacent to an activating group) is 1. The fourth-order valence-corrected chi connectivity index (χ4v) is 1.79. The maximum Gasteiger partial charge on any atom is 0.138 e. The Bertz CT molecular complexity index is 479. The van der Waals surface area contributed by atoms with E-state index in [1.54, 1.807) is 19.2 Å². The molecule has 1 aromatic rings. The summed E-state index contributed by atoms with van der Waals surface area (Å²) < 4.78 is 18.7. The summed E-state index contributed by atoms with van der Waals surface area (Å²) in [5, 5.41) is 8.68. The van der Waals surface area contributed by atoms with Crippen LogP contribution in [-0.2, 0) is 11.3 Å². The van der Waals surface area contributed by atoms with Crippen LogP contribution in [0.3, 0.4) is 0 Å². The molecule has 0 spiro atoms. The quantitative estimate of drug-likeness (QED) is 0.809. The number of nitrogens with zero attached hydrogens (tertiary/aromatic N) is 1. The molecule has 0 bridgehead atoms. The van der Waals surface area contributed by atoms with Crippen molar-refractivity contribution in [3.05, 3.63) is 35.1 Å². The van der Waals surface area contributed by atoms with E-state index in [-0.39, 0.29) is 18.5 Å². The van der Waals surface area contributed by atoms with Gasteiger partial charge in [0.15, 0.2) is 0 Å². The van der Waals surface area contributed by atoms with E-state index in [0.717, 1.165) is 5.56 Å². The molecule has 0 saturated carbocycles. The monoisotopic (exact) mass is 279 g/mol. The summed E-state index contributed by atoms with van der Waals surface area (Å²) in [6.45, 7) is 3.43. The van der Waals surface area contributed by atoms with Crippen LogP contribution in [0, 0.1) is 17.7 Å². The van der Waals surface area contributed by atoms with E-state index < -0.39 is 0 Å². The second-order valence-electron chi connectivity index (χ2n) is 4.81. The molecule has 0 aliphatic rings. The van der Waals surface area contributed by atoms with Crippen molar-refractivity contribution in [3.63, 3.8) is 0 Å². The van der Waals surface area contributed by atoms with Gasteiger partial charge in [0.2, 0.25) is 0 Å². The summed E-state index contributed by atoms with van der Waals surface area (Å²) in [4.78, 5) is 2.14. The molecule has 1 atom stereocenters. The van der Waals surface area contributed by atoms with Crippen LogP contribution in [0.1, 0.15) is 24.5 Å². The topological polar surface area (TPSA) is 32.7 Å². The molecule has 0 saturated heterocycles. The second-order valence-corrected chi connectivity index (χ2v) is 4.81. The first-order valence-corrected chi connectivity index (χ1v) is 6.65. The molecule has 0 aliphatic carbocycles. The highest BCUT2D eigenvalue weighted by Crippen LogP contribution is 2.12. The average Bonchev–Trinajstić information content (AvgIpc) is 2.42. The van der Waals surface area contributed by atoms with E-state index >= 15 is 0 Å². The number of rotatable bonds is 6. The normalized spacial score (nSPS) is 12.1. The van der Waals surface area contributed by atoms with E-state index in [0.29, 0.717) is 25.1 Å². The molecule has 3 nitrogen and oxygen atoms in total.